The van der Waals surface area contributed by atoms with Gasteiger partial charge >= 0.3 is 0 Å². The summed E-state index contributed by atoms with van der Waals surface area (Å²) in [7, 11) is 0. The van der Waals surface area contributed by atoms with Gasteiger partial charge in [-0.05, 0) is 42.0 Å². The molecule has 0 radical (unpaired) electrons. The summed E-state index contributed by atoms with van der Waals surface area (Å²) in [5, 5.41) is 5.15. The second kappa shape index (κ2) is 7.69. The van der Waals surface area contributed by atoms with Crippen LogP contribution in [0.15, 0.2) is 107 Å². The normalized spacial score (nSPS) is 12.1. The van der Waals surface area contributed by atoms with E-state index in [9.17, 15) is 0 Å². The van der Waals surface area contributed by atoms with Crippen LogP contribution in [0.5, 0.6) is 0 Å². The average molecular weight is 521 g/mol. The molecule has 39 heavy (non-hydrogen) atoms. The third kappa shape index (κ3) is 2.96. The van der Waals surface area contributed by atoms with Crippen LogP contribution in [0.4, 0.5) is 0 Å². The molecule has 0 aliphatic heterocycles. The first-order valence-corrected chi connectivity index (χ1v) is 13.3. The Morgan fingerprint density at radius 2 is 1.44 bits per heavy atom. The molecule has 7 heteroatoms. The van der Waals surface area contributed by atoms with Gasteiger partial charge in [-0.25, -0.2) is 19.9 Å². The first-order valence-electron chi connectivity index (χ1n) is 12.5. The minimum atomic E-state index is 0.587. The van der Waals surface area contributed by atoms with Crippen LogP contribution in [0.1, 0.15) is 0 Å². The standard InChI is InChI=1S/C32H16N4O2S/c1-2-7-27-21(4-1)29-31(39-27)28(34-16-35-29)18-9-11-26-23(13-18)22-12-17(8-10-25(22)37-26)19-5-3-6-20-24-14-33-15-36-32(24)38-30(19)20/h1-16H. The van der Waals surface area contributed by atoms with Gasteiger partial charge in [0.25, 0.3) is 0 Å². The number of benzene rings is 4. The Balaban J connectivity index is 1.26. The molecule has 9 rings (SSSR count). The third-order valence-corrected chi connectivity index (χ3v) is 8.56. The number of hydrogen-bond acceptors (Lipinski definition) is 7. The van der Waals surface area contributed by atoms with Gasteiger partial charge in [0, 0.05) is 43.6 Å². The Hall–Kier alpha value is -5.14. The molecule has 0 bridgehead atoms. The van der Waals surface area contributed by atoms with Crippen molar-refractivity contribution >= 4 is 75.6 Å². The van der Waals surface area contributed by atoms with Gasteiger partial charge in [0.05, 0.1) is 21.3 Å². The van der Waals surface area contributed by atoms with Gasteiger partial charge in [-0.15, -0.1) is 11.3 Å². The lowest BCUT2D eigenvalue weighted by Gasteiger charge is -2.04. The quantitative estimate of drug-likeness (QED) is 0.227. The zero-order chi connectivity index (χ0) is 25.5. The molecule has 6 nitrogen and oxygen atoms in total. The monoisotopic (exact) mass is 520 g/mol. The second-order valence-corrected chi connectivity index (χ2v) is 10.6. The molecular formula is C32H16N4O2S. The summed E-state index contributed by atoms with van der Waals surface area (Å²) in [4.78, 5) is 17.8. The van der Waals surface area contributed by atoms with E-state index >= 15 is 0 Å². The average Bonchev–Trinajstić information content (AvgIpc) is 3.67. The molecule has 0 saturated carbocycles. The van der Waals surface area contributed by atoms with Gasteiger partial charge in [-0.1, -0.05) is 42.5 Å². The van der Waals surface area contributed by atoms with E-state index in [1.807, 2.05) is 24.3 Å². The molecule has 0 aliphatic rings. The largest absolute Gasteiger partial charge is 0.456 e. The number of hydrogen-bond donors (Lipinski definition) is 0. The summed E-state index contributed by atoms with van der Waals surface area (Å²) in [6.45, 7) is 0. The van der Waals surface area contributed by atoms with E-state index in [2.05, 4.69) is 69.5 Å². The fourth-order valence-electron chi connectivity index (χ4n) is 5.59. The summed E-state index contributed by atoms with van der Waals surface area (Å²) in [6.07, 6.45) is 4.97. The maximum Gasteiger partial charge on any atom is 0.230 e. The van der Waals surface area contributed by atoms with E-state index in [0.29, 0.717) is 5.71 Å². The number of furan rings is 2. The van der Waals surface area contributed by atoms with E-state index < -0.39 is 0 Å². The molecule has 0 fully saturated rings. The van der Waals surface area contributed by atoms with Crippen LogP contribution in [0.25, 0.3) is 86.7 Å². The second-order valence-electron chi connectivity index (χ2n) is 9.55. The summed E-state index contributed by atoms with van der Waals surface area (Å²) in [5.74, 6) is 0. The molecule has 4 aromatic carbocycles. The van der Waals surface area contributed by atoms with E-state index in [-0.39, 0.29) is 0 Å². The predicted octanol–water partition coefficient (Wildman–Crippen LogP) is 8.77. The Morgan fingerprint density at radius 1 is 0.615 bits per heavy atom. The predicted molar refractivity (Wildman–Crippen MR) is 156 cm³/mol. The number of nitrogens with zero attached hydrogens (tertiary/aromatic N) is 4. The fourth-order valence-corrected chi connectivity index (χ4v) is 6.76. The molecule has 182 valence electrons. The highest BCUT2D eigenvalue weighted by Crippen LogP contribution is 2.41. The smallest absolute Gasteiger partial charge is 0.230 e. The van der Waals surface area contributed by atoms with Crippen molar-refractivity contribution in [1.82, 2.24) is 19.9 Å². The molecule has 0 saturated heterocycles. The van der Waals surface area contributed by atoms with E-state index in [4.69, 9.17) is 13.8 Å². The van der Waals surface area contributed by atoms with Crippen LogP contribution < -0.4 is 0 Å². The van der Waals surface area contributed by atoms with Crippen LogP contribution >= 0.6 is 11.3 Å². The van der Waals surface area contributed by atoms with Gasteiger partial charge in [0.2, 0.25) is 5.71 Å². The van der Waals surface area contributed by atoms with Crippen molar-refractivity contribution in [3.63, 3.8) is 0 Å². The minimum absolute atomic E-state index is 0.587. The number of aromatic nitrogens is 4. The lowest BCUT2D eigenvalue weighted by atomic mass is 10.00. The highest BCUT2D eigenvalue weighted by molar-refractivity contribution is 7.26. The van der Waals surface area contributed by atoms with Crippen LogP contribution in [-0.2, 0) is 0 Å². The SMILES string of the molecule is c1ccc2c(c1)sc1c(-c3ccc4oc5ccc(-c6cccc7c6oc6ncncc67)cc5c4c3)ncnc12. The Bertz CT molecular complexity index is 2250. The molecule has 5 heterocycles. The van der Waals surface area contributed by atoms with E-state index in [1.54, 1.807) is 23.9 Å². The summed E-state index contributed by atoms with van der Waals surface area (Å²) < 4.78 is 14.7. The molecule has 0 aliphatic carbocycles. The number of para-hydroxylation sites is 1. The highest BCUT2D eigenvalue weighted by Gasteiger charge is 2.17. The summed E-state index contributed by atoms with van der Waals surface area (Å²) in [6, 6.07) is 27.1. The fraction of sp³-hybridized carbons (Fsp3) is 0. The van der Waals surface area contributed by atoms with Gasteiger partial charge in [0.1, 0.15) is 29.4 Å². The first-order chi connectivity index (χ1) is 19.3. The first kappa shape index (κ1) is 20.9. The maximum atomic E-state index is 6.23. The maximum absolute atomic E-state index is 6.23. The molecule has 0 atom stereocenters. The van der Waals surface area contributed by atoms with Gasteiger partial charge in [-0.2, -0.15) is 0 Å². The Labute approximate surface area is 224 Å². The van der Waals surface area contributed by atoms with E-state index in [1.165, 1.54) is 11.0 Å². The minimum Gasteiger partial charge on any atom is -0.456 e. The molecular weight excluding hydrogens is 504 g/mol. The highest BCUT2D eigenvalue weighted by atomic mass is 32.1. The van der Waals surface area contributed by atoms with Crippen molar-refractivity contribution in [2.75, 3.05) is 0 Å². The Kier molecular flexibility index (Phi) is 4.11. The van der Waals surface area contributed by atoms with Crippen molar-refractivity contribution in [2.45, 2.75) is 0 Å². The Morgan fingerprint density at radius 3 is 2.36 bits per heavy atom. The molecule has 0 unspecified atom stereocenters. The van der Waals surface area contributed by atoms with Crippen LogP contribution in [0.2, 0.25) is 0 Å². The summed E-state index contributed by atoms with van der Waals surface area (Å²) in [5.41, 5.74) is 8.06. The van der Waals surface area contributed by atoms with Crippen molar-refractivity contribution in [1.29, 1.82) is 0 Å². The molecule has 5 aromatic heterocycles. The van der Waals surface area contributed by atoms with Gasteiger partial charge < -0.3 is 8.83 Å². The molecule has 0 N–H and O–H groups in total. The van der Waals surface area contributed by atoms with E-state index in [0.717, 1.165) is 76.3 Å². The lowest BCUT2D eigenvalue weighted by molar-refractivity contribution is 0.653. The van der Waals surface area contributed by atoms with Crippen LogP contribution in [0, 0.1) is 0 Å². The zero-order valence-electron chi connectivity index (χ0n) is 20.3. The molecule has 0 spiro atoms. The summed E-state index contributed by atoms with van der Waals surface area (Å²) >= 11 is 1.73. The molecule has 9 aromatic rings. The van der Waals surface area contributed by atoms with Crippen molar-refractivity contribution in [3.05, 3.63) is 97.7 Å². The topological polar surface area (TPSA) is 77.8 Å². The number of thiophene rings is 1. The van der Waals surface area contributed by atoms with Crippen molar-refractivity contribution in [3.8, 4) is 22.4 Å². The van der Waals surface area contributed by atoms with Crippen molar-refractivity contribution < 1.29 is 8.83 Å². The number of rotatable bonds is 2. The molecule has 0 amide bonds. The van der Waals surface area contributed by atoms with Crippen molar-refractivity contribution in [2.24, 2.45) is 0 Å². The third-order valence-electron chi connectivity index (χ3n) is 7.39. The lowest BCUT2D eigenvalue weighted by Crippen LogP contribution is -1.86. The van der Waals surface area contributed by atoms with Crippen LogP contribution in [-0.4, -0.2) is 19.9 Å². The number of fused-ring (bicyclic) bond motifs is 9. The zero-order valence-corrected chi connectivity index (χ0v) is 21.1. The van der Waals surface area contributed by atoms with Gasteiger partial charge in [0.15, 0.2) is 0 Å². The van der Waals surface area contributed by atoms with Crippen LogP contribution in [0.3, 0.4) is 0 Å². The van der Waals surface area contributed by atoms with Gasteiger partial charge in [-0.3, -0.25) is 0 Å².